The molecule has 2 amide bonds. The van der Waals surface area contributed by atoms with Crippen molar-refractivity contribution in [3.63, 3.8) is 0 Å². The zero-order valence-corrected chi connectivity index (χ0v) is 15.6. The van der Waals surface area contributed by atoms with Crippen LogP contribution in [-0.4, -0.2) is 51.8 Å². The third-order valence-electron chi connectivity index (χ3n) is 4.55. The zero-order chi connectivity index (χ0) is 21.3. The van der Waals surface area contributed by atoms with Crippen molar-refractivity contribution >= 4 is 27.5 Å². The van der Waals surface area contributed by atoms with Gasteiger partial charge < -0.3 is 10.1 Å². The molecule has 1 N–H and O–H groups in total. The van der Waals surface area contributed by atoms with Crippen LogP contribution in [0.15, 0.2) is 23.6 Å². The number of carbonyl (C=O) groups is 2. The minimum atomic E-state index is -3.37. The molecule has 0 aromatic heterocycles. The molecular weight excluding hydrogens is 420 g/mol. The highest BCUT2D eigenvalue weighted by Crippen LogP contribution is 2.34. The normalized spacial score (nSPS) is 23.3. The maximum absolute atomic E-state index is 14.6. The van der Waals surface area contributed by atoms with Gasteiger partial charge in [0.05, 0.1) is 24.5 Å². The first-order valence-corrected chi connectivity index (χ1v) is 10.2. The zero-order valence-electron chi connectivity index (χ0n) is 14.8. The molecule has 158 valence electrons. The van der Waals surface area contributed by atoms with Crippen molar-refractivity contribution in [3.8, 4) is 0 Å². The van der Waals surface area contributed by atoms with E-state index in [0.717, 1.165) is 22.4 Å². The second-order valence-electron chi connectivity index (χ2n) is 6.58. The van der Waals surface area contributed by atoms with Gasteiger partial charge in [0.2, 0.25) is 0 Å². The smallest absolute Gasteiger partial charge is 0.414 e. The number of halogens is 4. The largest absolute Gasteiger partial charge is 0.442 e. The van der Waals surface area contributed by atoms with Crippen LogP contribution >= 0.6 is 0 Å². The number of ether oxygens (including phenoxy) is 1. The van der Waals surface area contributed by atoms with Gasteiger partial charge in [-0.05, 0) is 18.6 Å². The van der Waals surface area contributed by atoms with Gasteiger partial charge in [-0.25, -0.2) is 22.0 Å². The second kappa shape index (κ2) is 8.01. The molecular formula is C17H16F4N2O5S. The number of alkyl halides is 2. The van der Waals surface area contributed by atoms with Gasteiger partial charge in [0.25, 0.3) is 5.91 Å². The lowest BCUT2D eigenvalue weighted by Gasteiger charge is -2.20. The van der Waals surface area contributed by atoms with E-state index in [4.69, 9.17) is 4.74 Å². The highest BCUT2D eigenvalue weighted by Gasteiger charge is 2.34. The van der Waals surface area contributed by atoms with Crippen LogP contribution < -0.4 is 10.2 Å². The van der Waals surface area contributed by atoms with Gasteiger partial charge in [0.15, 0.2) is 9.84 Å². The van der Waals surface area contributed by atoms with E-state index in [2.05, 4.69) is 0 Å². The quantitative estimate of drug-likeness (QED) is 0.714. The minimum Gasteiger partial charge on any atom is -0.442 e. The van der Waals surface area contributed by atoms with Crippen molar-refractivity contribution in [2.24, 2.45) is 0 Å². The molecule has 3 rings (SSSR count). The Morgan fingerprint density at radius 3 is 2.48 bits per heavy atom. The van der Waals surface area contributed by atoms with E-state index in [1.807, 2.05) is 5.32 Å². The molecule has 12 heteroatoms. The molecule has 2 heterocycles. The number of allylic oxidation sites excluding steroid dienone is 1. The summed E-state index contributed by atoms with van der Waals surface area (Å²) in [7, 11) is -3.37. The van der Waals surface area contributed by atoms with Gasteiger partial charge in [-0.3, -0.25) is 9.69 Å². The van der Waals surface area contributed by atoms with Gasteiger partial charge in [0.1, 0.15) is 17.7 Å². The van der Waals surface area contributed by atoms with Crippen LogP contribution in [0.25, 0.3) is 0 Å². The number of nitrogens with one attached hydrogen (secondary N) is 1. The number of nitrogens with zero attached hydrogens (tertiary/aromatic N) is 1. The van der Waals surface area contributed by atoms with E-state index in [9.17, 15) is 35.6 Å². The molecule has 2 aliphatic heterocycles. The average Bonchev–Trinajstić information content (AvgIpc) is 3.01. The number of carbonyl (C=O) groups excluding carboxylic acids is 2. The van der Waals surface area contributed by atoms with E-state index in [0.29, 0.717) is 0 Å². The van der Waals surface area contributed by atoms with E-state index < -0.39 is 51.9 Å². The topological polar surface area (TPSA) is 92.8 Å². The molecule has 0 radical (unpaired) electrons. The molecule has 2 aliphatic rings. The van der Waals surface area contributed by atoms with E-state index in [1.54, 1.807) is 0 Å². The van der Waals surface area contributed by atoms with Crippen molar-refractivity contribution in [2.45, 2.75) is 24.9 Å². The van der Waals surface area contributed by atoms with Crippen LogP contribution in [-0.2, 0) is 19.4 Å². The lowest BCUT2D eigenvalue weighted by atomic mass is 9.95. The molecule has 0 aliphatic carbocycles. The highest BCUT2D eigenvalue weighted by molar-refractivity contribution is 7.94. The molecule has 1 saturated heterocycles. The standard InChI is InChI=1S/C17H16F4N2O5S/c18-12-5-10(6-13(19)14(12)9-1-3-29(26,27)4-2-9)23-8-11(28-17(23)25)7-22-16(24)15(20)21/h1,3,5-6,9,11,15H,2,4,7-8H2,(H,22,24). The Balaban J connectivity index is 1.75. The summed E-state index contributed by atoms with van der Waals surface area (Å²) in [6, 6.07) is 1.83. The first kappa shape index (κ1) is 21.1. The molecule has 1 aromatic rings. The first-order valence-electron chi connectivity index (χ1n) is 8.51. The Morgan fingerprint density at radius 2 is 1.93 bits per heavy atom. The van der Waals surface area contributed by atoms with Crippen molar-refractivity contribution in [1.82, 2.24) is 5.32 Å². The lowest BCUT2D eigenvalue weighted by molar-refractivity contribution is -0.132. The Hall–Kier alpha value is -2.63. The van der Waals surface area contributed by atoms with E-state index in [1.165, 1.54) is 6.08 Å². The number of hydrogen-bond acceptors (Lipinski definition) is 5. The Morgan fingerprint density at radius 1 is 1.28 bits per heavy atom. The van der Waals surface area contributed by atoms with Gasteiger partial charge >= 0.3 is 12.5 Å². The maximum Gasteiger partial charge on any atom is 0.414 e. The summed E-state index contributed by atoms with van der Waals surface area (Å²) >= 11 is 0. The molecule has 1 aromatic carbocycles. The van der Waals surface area contributed by atoms with E-state index >= 15 is 0 Å². The number of hydrogen-bond donors (Lipinski definition) is 1. The molecule has 7 nitrogen and oxygen atoms in total. The Bertz CT molecular complexity index is 944. The molecule has 0 saturated carbocycles. The Kier molecular flexibility index (Phi) is 5.82. The SMILES string of the molecule is O=C(NCC1CN(c2cc(F)c(C3C=CS(=O)(=O)CC3)c(F)c2)C(=O)O1)C(F)F. The highest BCUT2D eigenvalue weighted by atomic mass is 32.2. The number of amides is 2. The van der Waals surface area contributed by atoms with Crippen molar-refractivity contribution in [3.05, 3.63) is 40.8 Å². The van der Waals surface area contributed by atoms with Gasteiger partial charge in [-0.2, -0.15) is 8.78 Å². The first-order chi connectivity index (χ1) is 13.6. The number of sulfone groups is 1. The summed E-state index contributed by atoms with van der Waals surface area (Å²) in [6.45, 7) is -0.585. The van der Waals surface area contributed by atoms with Gasteiger partial charge in [-0.15, -0.1) is 0 Å². The van der Waals surface area contributed by atoms with Crippen molar-refractivity contribution in [2.75, 3.05) is 23.7 Å². The fourth-order valence-corrected chi connectivity index (χ4v) is 4.27. The van der Waals surface area contributed by atoms with Crippen LogP contribution in [0.5, 0.6) is 0 Å². The molecule has 29 heavy (non-hydrogen) atoms. The third-order valence-corrected chi connectivity index (χ3v) is 5.93. The number of benzene rings is 1. The fourth-order valence-electron chi connectivity index (χ4n) is 3.12. The van der Waals surface area contributed by atoms with E-state index in [-0.39, 0.29) is 36.5 Å². The molecule has 1 fully saturated rings. The summed E-state index contributed by atoms with van der Waals surface area (Å²) in [4.78, 5) is 23.8. The average molecular weight is 436 g/mol. The summed E-state index contributed by atoms with van der Waals surface area (Å²) in [6.07, 6.45) is -3.91. The summed E-state index contributed by atoms with van der Waals surface area (Å²) < 4.78 is 81.3. The Labute approximate surface area is 163 Å². The van der Waals surface area contributed by atoms with Crippen molar-refractivity contribution < 1.29 is 40.3 Å². The van der Waals surface area contributed by atoms with Crippen LogP contribution in [0, 0.1) is 11.6 Å². The maximum atomic E-state index is 14.6. The number of anilines is 1. The predicted molar refractivity (Wildman–Crippen MR) is 93.3 cm³/mol. The predicted octanol–water partition coefficient (Wildman–Crippen LogP) is 2.09. The van der Waals surface area contributed by atoms with Crippen LogP contribution in [0.1, 0.15) is 17.9 Å². The summed E-state index contributed by atoms with van der Waals surface area (Å²) in [5.74, 6) is -4.45. The third kappa shape index (κ3) is 4.69. The van der Waals surface area contributed by atoms with Crippen LogP contribution in [0.2, 0.25) is 0 Å². The minimum absolute atomic E-state index is 0.0175. The molecule has 0 spiro atoms. The molecule has 2 unspecified atom stereocenters. The van der Waals surface area contributed by atoms with Crippen LogP contribution in [0.4, 0.5) is 28.0 Å². The molecule has 2 atom stereocenters. The lowest BCUT2D eigenvalue weighted by Crippen LogP contribution is -2.37. The monoisotopic (exact) mass is 436 g/mol. The van der Waals surface area contributed by atoms with Gasteiger partial charge in [-0.1, -0.05) is 6.08 Å². The molecule has 0 bridgehead atoms. The summed E-state index contributed by atoms with van der Waals surface area (Å²) in [5.41, 5.74) is -0.461. The van der Waals surface area contributed by atoms with Gasteiger partial charge in [0, 0.05) is 16.9 Å². The van der Waals surface area contributed by atoms with Crippen LogP contribution in [0.3, 0.4) is 0 Å². The fraction of sp³-hybridized carbons (Fsp3) is 0.412. The summed E-state index contributed by atoms with van der Waals surface area (Å²) in [5, 5.41) is 2.82. The second-order valence-corrected chi connectivity index (χ2v) is 8.58. The van der Waals surface area contributed by atoms with Crippen molar-refractivity contribution in [1.29, 1.82) is 0 Å². The number of cyclic esters (lactones) is 1. The number of rotatable bonds is 5.